The van der Waals surface area contributed by atoms with Crippen LogP contribution in [-0.2, 0) is 10.0 Å². The largest absolute Gasteiger partial charge is 0.507 e. The van der Waals surface area contributed by atoms with Crippen LogP contribution in [0.5, 0.6) is 5.75 Å². The number of carbonyl (C=O) groups is 2. The third kappa shape index (κ3) is 4.79. The van der Waals surface area contributed by atoms with E-state index in [1.54, 1.807) is 26.1 Å². The highest BCUT2D eigenvalue weighted by atomic mass is 32.2. The number of nitrogens with zero attached hydrogens (tertiary/aromatic N) is 1. The van der Waals surface area contributed by atoms with Gasteiger partial charge in [0.15, 0.2) is 0 Å². The molecule has 3 rings (SSSR count). The monoisotopic (exact) mass is 454 g/mol. The molecule has 0 aliphatic heterocycles. The molecule has 4 N–H and O–H groups in total. The van der Waals surface area contributed by atoms with Crippen LogP contribution in [0.2, 0.25) is 0 Å². The molecule has 9 heteroatoms. The molecule has 8 nitrogen and oxygen atoms in total. The quantitative estimate of drug-likeness (QED) is 0.523. The minimum atomic E-state index is -4.04. The van der Waals surface area contributed by atoms with Gasteiger partial charge in [0.05, 0.1) is 22.1 Å². The number of carboxylic acid groups (broad SMARTS) is 1. The summed E-state index contributed by atoms with van der Waals surface area (Å²) in [7, 11) is -2.49. The van der Waals surface area contributed by atoms with Crippen molar-refractivity contribution in [3.05, 3.63) is 83.4 Å². The lowest BCUT2D eigenvalue weighted by atomic mass is 9.98. The number of hydrogen-bond donors (Lipinski definition) is 3. The standard InChI is InChI=1S/C23H22N2O6S/c1-14(25(2)22(27)20-13-19(32(24,30)31)10-11-21(20)26)17-4-3-5-18(12-17)15-6-8-16(9-7-15)23(28)29/h3-14,26H,1-2H3,(H,28,29)(H2,24,30,31). The average molecular weight is 455 g/mol. The van der Waals surface area contributed by atoms with Crippen molar-refractivity contribution < 1.29 is 28.2 Å². The fourth-order valence-electron chi connectivity index (χ4n) is 3.24. The summed E-state index contributed by atoms with van der Waals surface area (Å²) in [5, 5.41) is 24.3. The number of rotatable bonds is 6. The van der Waals surface area contributed by atoms with Crippen molar-refractivity contribution in [2.24, 2.45) is 5.14 Å². The summed E-state index contributed by atoms with van der Waals surface area (Å²) in [6.07, 6.45) is 0. The van der Waals surface area contributed by atoms with Crippen molar-refractivity contribution in [1.29, 1.82) is 0 Å². The van der Waals surface area contributed by atoms with E-state index in [9.17, 15) is 23.1 Å². The van der Waals surface area contributed by atoms with Crippen molar-refractivity contribution >= 4 is 21.9 Å². The van der Waals surface area contributed by atoms with Crippen molar-refractivity contribution in [2.45, 2.75) is 17.9 Å². The first-order valence-corrected chi connectivity index (χ1v) is 11.1. The van der Waals surface area contributed by atoms with Crippen LogP contribution in [0.3, 0.4) is 0 Å². The molecule has 0 saturated carbocycles. The number of carboxylic acids is 1. The number of hydrogen-bond acceptors (Lipinski definition) is 5. The minimum Gasteiger partial charge on any atom is -0.507 e. The summed E-state index contributed by atoms with van der Waals surface area (Å²) in [5.41, 5.74) is 2.46. The summed E-state index contributed by atoms with van der Waals surface area (Å²) < 4.78 is 23.2. The maximum absolute atomic E-state index is 13.0. The molecule has 0 aromatic heterocycles. The number of phenols is 1. The Morgan fingerprint density at radius 3 is 2.22 bits per heavy atom. The number of phenolic OH excluding ortho intramolecular Hbond substituents is 1. The van der Waals surface area contributed by atoms with Gasteiger partial charge in [-0.05, 0) is 60.0 Å². The van der Waals surface area contributed by atoms with Crippen LogP contribution in [-0.4, -0.2) is 42.5 Å². The number of aromatic hydroxyl groups is 1. The zero-order chi connectivity index (χ0) is 23.6. The number of benzene rings is 3. The topological polar surface area (TPSA) is 138 Å². The van der Waals surface area contributed by atoms with E-state index in [0.29, 0.717) is 0 Å². The van der Waals surface area contributed by atoms with E-state index in [-0.39, 0.29) is 21.8 Å². The fourth-order valence-corrected chi connectivity index (χ4v) is 3.78. The molecule has 3 aromatic carbocycles. The maximum Gasteiger partial charge on any atom is 0.335 e. The number of aromatic carboxylic acids is 1. The molecule has 0 radical (unpaired) electrons. The van der Waals surface area contributed by atoms with Gasteiger partial charge in [0.25, 0.3) is 5.91 Å². The van der Waals surface area contributed by atoms with Gasteiger partial charge in [-0.2, -0.15) is 0 Å². The van der Waals surface area contributed by atoms with Gasteiger partial charge < -0.3 is 15.1 Å². The van der Waals surface area contributed by atoms with E-state index in [2.05, 4.69) is 0 Å². The third-order valence-corrected chi connectivity index (χ3v) is 6.17. The Hall–Kier alpha value is -3.69. The molecule has 166 valence electrons. The normalized spacial score (nSPS) is 12.2. The Bertz CT molecular complexity index is 1290. The van der Waals surface area contributed by atoms with Gasteiger partial charge >= 0.3 is 5.97 Å². The van der Waals surface area contributed by atoms with E-state index in [4.69, 9.17) is 10.2 Å². The minimum absolute atomic E-state index is 0.175. The molecule has 3 aromatic rings. The van der Waals surface area contributed by atoms with E-state index in [0.717, 1.165) is 34.9 Å². The second kappa shape index (κ2) is 8.81. The third-order valence-electron chi connectivity index (χ3n) is 5.26. The first-order valence-electron chi connectivity index (χ1n) is 9.55. The predicted octanol–water partition coefficient (Wildman–Crippen LogP) is 3.24. The van der Waals surface area contributed by atoms with Gasteiger partial charge in [-0.15, -0.1) is 0 Å². The van der Waals surface area contributed by atoms with E-state index in [1.807, 2.05) is 24.3 Å². The molecule has 32 heavy (non-hydrogen) atoms. The summed E-state index contributed by atoms with van der Waals surface area (Å²) in [5.74, 6) is -1.93. The number of nitrogens with two attached hydrogens (primary N) is 1. The Morgan fingerprint density at radius 2 is 1.62 bits per heavy atom. The van der Waals surface area contributed by atoms with Crippen LogP contribution in [0.25, 0.3) is 11.1 Å². The van der Waals surface area contributed by atoms with Crippen molar-refractivity contribution in [1.82, 2.24) is 4.90 Å². The number of sulfonamides is 1. The average Bonchev–Trinajstić information content (AvgIpc) is 2.77. The Balaban J connectivity index is 1.89. The van der Waals surface area contributed by atoms with Gasteiger partial charge in [-0.25, -0.2) is 18.4 Å². The second-order valence-corrected chi connectivity index (χ2v) is 8.89. The summed E-state index contributed by atoms with van der Waals surface area (Å²) in [6, 6.07) is 16.7. The van der Waals surface area contributed by atoms with Crippen LogP contribution in [0.1, 0.15) is 39.2 Å². The van der Waals surface area contributed by atoms with Gasteiger partial charge in [0, 0.05) is 7.05 Å². The van der Waals surface area contributed by atoms with E-state index < -0.39 is 27.9 Å². The zero-order valence-corrected chi connectivity index (χ0v) is 18.2. The molecule has 0 aliphatic carbocycles. The molecular formula is C23H22N2O6S. The molecule has 0 fully saturated rings. The summed E-state index contributed by atoms with van der Waals surface area (Å²) >= 11 is 0. The Morgan fingerprint density at radius 1 is 0.969 bits per heavy atom. The lowest BCUT2D eigenvalue weighted by Crippen LogP contribution is -2.30. The van der Waals surface area contributed by atoms with Gasteiger partial charge in [-0.1, -0.05) is 30.3 Å². The first-order chi connectivity index (χ1) is 15.0. The molecule has 0 aliphatic rings. The SMILES string of the molecule is CC(c1cccc(-c2ccc(C(=O)O)cc2)c1)N(C)C(=O)c1cc(S(N)(=O)=O)ccc1O. The summed E-state index contributed by atoms with van der Waals surface area (Å²) in [6.45, 7) is 1.80. The molecule has 0 spiro atoms. The van der Waals surface area contributed by atoms with Crippen molar-refractivity contribution in [3.63, 3.8) is 0 Å². The number of amides is 1. The van der Waals surface area contributed by atoms with Gasteiger partial charge in [0.2, 0.25) is 10.0 Å². The molecule has 0 heterocycles. The van der Waals surface area contributed by atoms with E-state index >= 15 is 0 Å². The number of carbonyl (C=O) groups excluding carboxylic acids is 1. The van der Waals surface area contributed by atoms with Crippen molar-refractivity contribution in [2.75, 3.05) is 7.05 Å². The number of primary sulfonamides is 1. The Labute approximate surface area is 185 Å². The second-order valence-electron chi connectivity index (χ2n) is 7.32. The van der Waals surface area contributed by atoms with E-state index in [1.165, 1.54) is 17.0 Å². The maximum atomic E-state index is 13.0. The molecule has 1 amide bonds. The van der Waals surface area contributed by atoms with Crippen LogP contribution in [0.4, 0.5) is 0 Å². The smallest absolute Gasteiger partial charge is 0.335 e. The molecular weight excluding hydrogens is 432 g/mol. The fraction of sp³-hybridized carbons (Fsp3) is 0.130. The highest BCUT2D eigenvalue weighted by Crippen LogP contribution is 2.29. The molecule has 1 atom stereocenters. The van der Waals surface area contributed by atoms with Gasteiger partial charge in [0.1, 0.15) is 5.75 Å². The van der Waals surface area contributed by atoms with Crippen molar-refractivity contribution in [3.8, 4) is 16.9 Å². The molecule has 1 unspecified atom stereocenters. The first kappa shape index (κ1) is 23.0. The zero-order valence-electron chi connectivity index (χ0n) is 17.4. The van der Waals surface area contributed by atoms with Crippen LogP contribution < -0.4 is 5.14 Å². The molecule has 0 bridgehead atoms. The lowest BCUT2D eigenvalue weighted by molar-refractivity contribution is 0.0695. The van der Waals surface area contributed by atoms with Crippen LogP contribution >= 0.6 is 0 Å². The van der Waals surface area contributed by atoms with Crippen LogP contribution in [0.15, 0.2) is 71.6 Å². The van der Waals surface area contributed by atoms with Gasteiger partial charge in [-0.3, -0.25) is 4.79 Å². The lowest BCUT2D eigenvalue weighted by Gasteiger charge is -2.26. The highest BCUT2D eigenvalue weighted by molar-refractivity contribution is 7.89. The highest BCUT2D eigenvalue weighted by Gasteiger charge is 2.23. The summed E-state index contributed by atoms with van der Waals surface area (Å²) in [4.78, 5) is 25.2. The predicted molar refractivity (Wildman–Crippen MR) is 119 cm³/mol. The molecule has 0 saturated heterocycles. The Kier molecular flexibility index (Phi) is 6.33. The van der Waals surface area contributed by atoms with Crippen LogP contribution in [0, 0.1) is 0 Å².